The lowest BCUT2D eigenvalue weighted by Gasteiger charge is -2.14. The second-order valence-corrected chi connectivity index (χ2v) is 5.07. The average molecular weight is 278 g/mol. The van der Waals surface area contributed by atoms with Crippen LogP contribution in [-0.2, 0) is 6.54 Å². The average Bonchev–Trinajstić information content (AvgIpc) is 3.03. The van der Waals surface area contributed by atoms with E-state index >= 15 is 0 Å². The minimum atomic E-state index is 0.791. The van der Waals surface area contributed by atoms with E-state index in [2.05, 4.69) is 53.5 Å². The van der Waals surface area contributed by atoms with E-state index in [-0.39, 0.29) is 0 Å². The number of hydrogen-bond donors (Lipinski definition) is 1. The lowest BCUT2D eigenvalue weighted by molar-refractivity contribution is 0.877. The van der Waals surface area contributed by atoms with Crippen molar-refractivity contribution < 1.29 is 0 Å². The summed E-state index contributed by atoms with van der Waals surface area (Å²) in [5.74, 6) is 0. The van der Waals surface area contributed by atoms with Crippen LogP contribution in [0.2, 0.25) is 0 Å². The fraction of sp³-hybridized carbons (Fsp3) is 0.176. The van der Waals surface area contributed by atoms with Gasteiger partial charge in [-0.15, -0.1) is 0 Å². The van der Waals surface area contributed by atoms with Gasteiger partial charge in [-0.3, -0.25) is 0 Å². The van der Waals surface area contributed by atoms with E-state index in [0.717, 1.165) is 17.9 Å². The van der Waals surface area contributed by atoms with Gasteiger partial charge in [0.15, 0.2) is 0 Å². The Labute approximate surface area is 124 Å². The maximum Gasteiger partial charge on any atom is 0.138 e. The van der Waals surface area contributed by atoms with Crippen molar-refractivity contribution in [2.45, 2.75) is 20.4 Å². The molecule has 0 amide bonds. The van der Waals surface area contributed by atoms with Gasteiger partial charge in [-0.25, -0.2) is 9.67 Å². The van der Waals surface area contributed by atoms with E-state index in [0.29, 0.717) is 0 Å². The van der Waals surface area contributed by atoms with Crippen LogP contribution in [0.1, 0.15) is 16.7 Å². The molecule has 2 aromatic carbocycles. The quantitative estimate of drug-likeness (QED) is 0.794. The van der Waals surface area contributed by atoms with Crippen LogP contribution in [0.25, 0.3) is 5.69 Å². The summed E-state index contributed by atoms with van der Waals surface area (Å²) >= 11 is 0. The fourth-order valence-corrected chi connectivity index (χ4v) is 2.35. The second kappa shape index (κ2) is 5.79. The summed E-state index contributed by atoms with van der Waals surface area (Å²) in [5, 5.41) is 7.70. The smallest absolute Gasteiger partial charge is 0.138 e. The lowest BCUT2D eigenvalue weighted by Crippen LogP contribution is -2.06. The minimum Gasteiger partial charge on any atom is -0.379 e. The molecule has 0 unspecified atom stereocenters. The highest BCUT2D eigenvalue weighted by Crippen LogP contribution is 2.20. The number of anilines is 1. The normalized spacial score (nSPS) is 10.6. The molecule has 4 nitrogen and oxygen atoms in total. The number of nitrogens with one attached hydrogen (secondary N) is 1. The van der Waals surface area contributed by atoms with Gasteiger partial charge in [-0.2, -0.15) is 5.10 Å². The third kappa shape index (κ3) is 2.79. The Morgan fingerprint density at radius 1 is 1.05 bits per heavy atom. The molecule has 1 aromatic heterocycles. The Hall–Kier alpha value is -2.62. The zero-order chi connectivity index (χ0) is 14.7. The number of nitrogens with zero attached hydrogens (tertiary/aromatic N) is 3. The summed E-state index contributed by atoms with van der Waals surface area (Å²) < 4.78 is 1.77. The van der Waals surface area contributed by atoms with Crippen molar-refractivity contribution in [1.82, 2.24) is 14.8 Å². The highest BCUT2D eigenvalue weighted by atomic mass is 15.3. The number of rotatable bonds is 4. The van der Waals surface area contributed by atoms with E-state index < -0.39 is 0 Å². The van der Waals surface area contributed by atoms with Crippen LogP contribution in [0.4, 0.5) is 5.69 Å². The first kappa shape index (κ1) is 13.4. The number of benzene rings is 2. The van der Waals surface area contributed by atoms with Gasteiger partial charge in [0, 0.05) is 6.54 Å². The molecule has 0 spiro atoms. The predicted octanol–water partition coefficient (Wildman–Crippen LogP) is 3.50. The molecule has 0 aliphatic carbocycles. The minimum absolute atomic E-state index is 0.791. The van der Waals surface area contributed by atoms with Crippen LogP contribution in [-0.4, -0.2) is 14.8 Å². The first-order valence-corrected chi connectivity index (χ1v) is 6.98. The van der Waals surface area contributed by atoms with E-state index in [9.17, 15) is 0 Å². The van der Waals surface area contributed by atoms with Gasteiger partial charge in [0.05, 0.1) is 11.4 Å². The highest BCUT2D eigenvalue weighted by molar-refractivity contribution is 5.60. The number of para-hydroxylation sites is 2. The molecule has 0 saturated carbocycles. The summed E-state index contributed by atoms with van der Waals surface area (Å²) in [6.45, 7) is 5.09. The van der Waals surface area contributed by atoms with Gasteiger partial charge >= 0.3 is 0 Å². The van der Waals surface area contributed by atoms with E-state index in [4.69, 9.17) is 0 Å². The van der Waals surface area contributed by atoms with Gasteiger partial charge in [0.1, 0.15) is 12.7 Å². The largest absolute Gasteiger partial charge is 0.379 e. The van der Waals surface area contributed by atoms with Crippen molar-refractivity contribution >= 4 is 5.69 Å². The Morgan fingerprint density at radius 2 is 1.90 bits per heavy atom. The zero-order valence-electron chi connectivity index (χ0n) is 12.2. The van der Waals surface area contributed by atoms with Crippen molar-refractivity contribution in [1.29, 1.82) is 0 Å². The number of aromatic nitrogens is 3. The molecule has 4 heteroatoms. The summed E-state index contributed by atoms with van der Waals surface area (Å²) in [7, 11) is 0. The maximum absolute atomic E-state index is 4.20. The monoisotopic (exact) mass is 278 g/mol. The Morgan fingerprint density at radius 3 is 2.71 bits per heavy atom. The third-order valence-electron chi connectivity index (χ3n) is 3.76. The summed E-state index contributed by atoms with van der Waals surface area (Å²) in [4.78, 5) is 4.01. The maximum atomic E-state index is 4.20. The zero-order valence-corrected chi connectivity index (χ0v) is 12.2. The third-order valence-corrected chi connectivity index (χ3v) is 3.76. The Kier molecular flexibility index (Phi) is 3.69. The molecule has 0 atom stereocenters. The topological polar surface area (TPSA) is 42.7 Å². The van der Waals surface area contributed by atoms with Crippen LogP contribution in [0.3, 0.4) is 0 Å². The molecule has 0 saturated heterocycles. The molecule has 0 aliphatic heterocycles. The van der Waals surface area contributed by atoms with E-state index in [1.165, 1.54) is 16.7 Å². The van der Waals surface area contributed by atoms with Crippen LogP contribution < -0.4 is 5.32 Å². The van der Waals surface area contributed by atoms with Crippen molar-refractivity contribution in [2.24, 2.45) is 0 Å². The van der Waals surface area contributed by atoms with Gasteiger partial charge in [0.2, 0.25) is 0 Å². The lowest BCUT2D eigenvalue weighted by atomic mass is 10.0. The number of hydrogen-bond acceptors (Lipinski definition) is 3. The Bertz CT molecular complexity index is 732. The van der Waals surface area contributed by atoms with Crippen LogP contribution in [0, 0.1) is 13.8 Å². The molecular formula is C17H18N4. The predicted molar refractivity (Wildman–Crippen MR) is 84.6 cm³/mol. The van der Waals surface area contributed by atoms with Crippen molar-refractivity contribution in [3.8, 4) is 5.69 Å². The van der Waals surface area contributed by atoms with Crippen molar-refractivity contribution in [3.05, 3.63) is 71.8 Å². The molecule has 0 fully saturated rings. The first-order chi connectivity index (χ1) is 10.3. The van der Waals surface area contributed by atoms with Crippen LogP contribution in [0.5, 0.6) is 0 Å². The van der Waals surface area contributed by atoms with Gasteiger partial charge < -0.3 is 5.32 Å². The molecule has 21 heavy (non-hydrogen) atoms. The van der Waals surface area contributed by atoms with Gasteiger partial charge in [-0.05, 0) is 42.7 Å². The van der Waals surface area contributed by atoms with Gasteiger partial charge in [0.25, 0.3) is 0 Å². The summed E-state index contributed by atoms with van der Waals surface area (Å²) in [6, 6.07) is 14.5. The molecular weight excluding hydrogens is 260 g/mol. The molecule has 1 heterocycles. The Balaban J connectivity index is 1.85. The standard InChI is InChI=1S/C17H18N4/c1-13-6-5-7-15(14(13)2)10-19-16-8-3-4-9-17(16)21-12-18-11-20-21/h3-9,11-12,19H,10H2,1-2H3. The molecule has 3 rings (SSSR count). The first-order valence-electron chi connectivity index (χ1n) is 6.98. The molecule has 0 aliphatic rings. The highest BCUT2D eigenvalue weighted by Gasteiger charge is 2.05. The number of aryl methyl sites for hydroxylation is 1. The van der Waals surface area contributed by atoms with Crippen molar-refractivity contribution in [3.63, 3.8) is 0 Å². The summed E-state index contributed by atoms with van der Waals surface area (Å²) in [5.41, 5.74) is 6.01. The van der Waals surface area contributed by atoms with E-state index in [1.54, 1.807) is 17.3 Å². The van der Waals surface area contributed by atoms with Crippen LogP contribution in [0.15, 0.2) is 55.1 Å². The van der Waals surface area contributed by atoms with Gasteiger partial charge in [-0.1, -0.05) is 30.3 Å². The second-order valence-electron chi connectivity index (χ2n) is 5.07. The molecule has 0 bridgehead atoms. The molecule has 3 aromatic rings. The van der Waals surface area contributed by atoms with Crippen LogP contribution >= 0.6 is 0 Å². The molecule has 106 valence electrons. The van der Waals surface area contributed by atoms with Crippen molar-refractivity contribution in [2.75, 3.05) is 5.32 Å². The van der Waals surface area contributed by atoms with E-state index in [1.807, 2.05) is 18.2 Å². The SMILES string of the molecule is Cc1cccc(CNc2ccccc2-n2cncn2)c1C. The summed E-state index contributed by atoms with van der Waals surface area (Å²) in [6.07, 6.45) is 3.25. The molecule has 0 radical (unpaired) electrons. The molecule has 1 N–H and O–H groups in total. The fourth-order valence-electron chi connectivity index (χ4n) is 2.35.